The second-order valence-corrected chi connectivity index (χ2v) is 8.20. The van der Waals surface area contributed by atoms with Crippen molar-refractivity contribution in [3.63, 3.8) is 0 Å². The molecular weight excluding hydrogens is 434 g/mol. The van der Waals surface area contributed by atoms with Crippen LogP contribution in [0.5, 0.6) is 0 Å². The number of morpholine rings is 1. The summed E-state index contributed by atoms with van der Waals surface area (Å²) in [5.41, 5.74) is 2.21. The molecule has 5 rings (SSSR count). The molecule has 0 saturated carbocycles. The summed E-state index contributed by atoms with van der Waals surface area (Å²) in [5.74, 6) is 2.39. The molecule has 2 aromatic heterocycles. The minimum atomic E-state index is -0.324. The second kappa shape index (κ2) is 10.5. The van der Waals surface area contributed by atoms with Gasteiger partial charge in [-0.2, -0.15) is 9.97 Å². The predicted octanol–water partition coefficient (Wildman–Crippen LogP) is 3.31. The number of anilines is 3. The molecule has 2 amide bonds. The fraction of sp³-hybridized carbons (Fsp3) is 0.375. The maximum absolute atomic E-state index is 12.3. The number of hydrogen-bond donors (Lipinski definition) is 2. The van der Waals surface area contributed by atoms with Crippen molar-refractivity contribution in [2.45, 2.75) is 18.8 Å². The van der Waals surface area contributed by atoms with Crippen LogP contribution in [0.15, 0.2) is 48.8 Å². The monoisotopic (exact) mass is 461 g/mol. The zero-order valence-electron chi connectivity index (χ0n) is 18.8. The Morgan fingerprint density at radius 3 is 2.18 bits per heavy atom. The molecule has 2 fully saturated rings. The summed E-state index contributed by atoms with van der Waals surface area (Å²) < 4.78 is 11.0. The lowest BCUT2D eigenvalue weighted by Gasteiger charge is -2.28. The summed E-state index contributed by atoms with van der Waals surface area (Å²) in [6.07, 6.45) is 5.06. The smallest absolute Gasteiger partial charge is 0.323 e. The van der Waals surface area contributed by atoms with Crippen molar-refractivity contribution in [2.24, 2.45) is 0 Å². The van der Waals surface area contributed by atoms with Gasteiger partial charge in [0.25, 0.3) is 0 Å². The molecule has 176 valence electrons. The molecule has 10 nitrogen and oxygen atoms in total. The molecule has 0 radical (unpaired) electrons. The number of aromatic nitrogens is 4. The van der Waals surface area contributed by atoms with Gasteiger partial charge in [-0.3, -0.25) is 4.98 Å². The first-order chi connectivity index (χ1) is 16.7. The molecule has 2 saturated heterocycles. The molecule has 1 aromatic carbocycles. The number of ether oxygens (including phenoxy) is 2. The number of benzene rings is 1. The minimum absolute atomic E-state index is 0.258. The molecule has 0 spiro atoms. The summed E-state index contributed by atoms with van der Waals surface area (Å²) in [6, 6.07) is 10.6. The summed E-state index contributed by atoms with van der Waals surface area (Å²) in [4.78, 5) is 32.8. The van der Waals surface area contributed by atoms with Gasteiger partial charge in [0, 0.05) is 61.6 Å². The quantitative estimate of drug-likeness (QED) is 0.595. The van der Waals surface area contributed by atoms with E-state index in [0.717, 1.165) is 50.5 Å². The molecule has 34 heavy (non-hydrogen) atoms. The van der Waals surface area contributed by atoms with Crippen LogP contribution in [0.3, 0.4) is 0 Å². The Balaban J connectivity index is 1.35. The lowest BCUT2D eigenvalue weighted by molar-refractivity contribution is 0.0835. The Morgan fingerprint density at radius 2 is 1.47 bits per heavy atom. The second-order valence-electron chi connectivity index (χ2n) is 8.20. The fourth-order valence-electron chi connectivity index (χ4n) is 3.98. The Labute approximate surface area is 197 Å². The fourth-order valence-corrected chi connectivity index (χ4v) is 3.98. The average Bonchev–Trinajstić information content (AvgIpc) is 2.90. The molecule has 10 heteroatoms. The number of urea groups is 1. The van der Waals surface area contributed by atoms with Crippen LogP contribution in [0.4, 0.5) is 22.1 Å². The number of amides is 2. The van der Waals surface area contributed by atoms with Crippen molar-refractivity contribution in [3.05, 3.63) is 54.6 Å². The average molecular weight is 462 g/mol. The highest BCUT2D eigenvalue weighted by Crippen LogP contribution is 2.28. The van der Waals surface area contributed by atoms with Gasteiger partial charge in [0.15, 0.2) is 5.82 Å². The van der Waals surface area contributed by atoms with E-state index in [0.29, 0.717) is 36.4 Å². The van der Waals surface area contributed by atoms with Crippen LogP contribution in [-0.2, 0) is 9.47 Å². The SMILES string of the molecule is O=C(Nc1ccncc1)Nc1ccc(-c2nc(C3CCOCC3)nc(N3CCOCC3)n2)cc1. The van der Waals surface area contributed by atoms with Crippen LogP contribution in [-0.4, -0.2) is 65.5 Å². The molecule has 3 aromatic rings. The standard InChI is InChI=1S/C24H27N7O3/c32-24(27-20-5-9-25-10-6-20)26-19-3-1-17(2-4-19)21-28-22(18-7-13-33-14-8-18)30-23(29-21)31-11-15-34-16-12-31/h1-6,9-10,18H,7-8,11-16H2,(H2,25,26,27,32). The Kier molecular flexibility index (Phi) is 6.87. The van der Waals surface area contributed by atoms with Crippen molar-refractivity contribution >= 4 is 23.4 Å². The highest BCUT2D eigenvalue weighted by Gasteiger charge is 2.23. The molecule has 0 bridgehead atoms. The highest BCUT2D eigenvalue weighted by molar-refractivity contribution is 5.99. The third kappa shape index (κ3) is 5.46. The maximum Gasteiger partial charge on any atom is 0.323 e. The molecule has 0 unspecified atom stereocenters. The van der Waals surface area contributed by atoms with Crippen molar-refractivity contribution in [2.75, 3.05) is 55.1 Å². The van der Waals surface area contributed by atoms with Crippen molar-refractivity contribution in [1.29, 1.82) is 0 Å². The van der Waals surface area contributed by atoms with E-state index in [4.69, 9.17) is 24.4 Å². The van der Waals surface area contributed by atoms with Gasteiger partial charge in [0.05, 0.1) is 13.2 Å². The summed E-state index contributed by atoms with van der Waals surface area (Å²) >= 11 is 0. The topological polar surface area (TPSA) is 114 Å². The predicted molar refractivity (Wildman–Crippen MR) is 128 cm³/mol. The largest absolute Gasteiger partial charge is 0.381 e. The third-order valence-corrected chi connectivity index (χ3v) is 5.86. The van der Waals surface area contributed by atoms with Gasteiger partial charge in [-0.25, -0.2) is 9.78 Å². The third-order valence-electron chi connectivity index (χ3n) is 5.86. The lowest BCUT2D eigenvalue weighted by atomic mass is 9.99. The normalized spacial score (nSPS) is 16.8. The Hall–Kier alpha value is -3.63. The van der Waals surface area contributed by atoms with E-state index < -0.39 is 0 Å². The number of nitrogens with one attached hydrogen (secondary N) is 2. The summed E-state index contributed by atoms with van der Waals surface area (Å²) in [5, 5.41) is 5.61. The van der Waals surface area contributed by atoms with Crippen LogP contribution in [0.25, 0.3) is 11.4 Å². The van der Waals surface area contributed by atoms with Gasteiger partial charge in [-0.1, -0.05) is 0 Å². The Morgan fingerprint density at radius 1 is 0.824 bits per heavy atom. The van der Waals surface area contributed by atoms with Crippen LogP contribution < -0.4 is 15.5 Å². The van der Waals surface area contributed by atoms with E-state index in [2.05, 4.69) is 20.5 Å². The number of carbonyl (C=O) groups is 1. The van der Waals surface area contributed by atoms with Gasteiger partial charge < -0.3 is 25.0 Å². The Bertz CT molecular complexity index is 1060. The van der Waals surface area contributed by atoms with Crippen LogP contribution >= 0.6 is 0 Å². The first-order valence-corrected chi connectivity index (χ1v) is 11.5. The highest BCUT2D eigenvalue weighted by atomic mass is 16.5. The number of nitrogens with zero attached hydrogens (tertiary/aromatic N) is 5. The zero-order valence-corrected chi connectivity index (χ0v) is 18.8. The molecule has 4 heterocycles. The first kappa shape index (κ1) is 22.2. The van der Waals surface area contributed by atoms with Crippen molar-refractivity contribution in [3.8, 4) is 11.4 Å². The van der Waals surface area contributed by atoms with Crippen molar-refractivity contribution in [1.82, 2.24) is 19.9 Å². The lowest BCUT2D eigenvalue weighted by Crippen LogP contribution is -2.37. The van der Waals surface area contributed by atoms with Gasteiger partial charge in [0.2, 0.25) is 5.95 Å². The minimum Gasteiger partial charge on any atom is -0.381 e. The van der Waals surface area contributed by atoms with Crippen LogP contribution in [0.1, 0.15) is 24.6 Å². The van der Waals surface area contributed by atoms with E-state index in [-0.39, 0.29) is 11.9 Å². The first-order valence-electron chi connectivity index (χ1n) is 11.5. The van der Waals surface area contributed by atoms with E-state index in [1.54, 1.807) is 24.5 Å². The van der Waals surface area contributed by atoms with Gasteiger partial charge in [0.1, 0.15) is 5.82 Å². The molecule has 2 aliphatic heterocycles. The van der Waals surface area contributed by atoms with Gasteiger partial charge in [-0.05, 0) is 49.2 Å². The molecular formula is C24H27N7O3. The van der Waals surface area contributed by atoms with Gasteiger partial charge in [-0.15, -0.1) is 0 Å². The van der Waals surface area contributed by atoms with Gasteiger partial charge >= 0.3 is 6.03 Å². The number of rotatable bonds is 5. The molecule has 2 N–H and O–H groups in total. The van der Waals surface area contributed by atoms with E-state index in [9.17, 15) is 4.79 Å². The van der Waals surface area contributed by atoms with E-state index in [1.807, 2.05) is 24.3 Å². The number of hydrogen-bond acceptors (Lipinski definition) is 8. The molecule has 2 aliphatic rings. The summed E-state index contributed by atoms with van der Waals surface area (Å²) in [6.45, 7) is 4.28. The van der Waals surface area contributed by atoms with Crippen LogP contribution in [0.2, 0.25) is 0 Å². The summed E-state index contributed by atoms with van der Waals surface area (Å²) in [7, 11) is 0. The van der Waals surface area contributed by atoms with Crippen LogP contribution in [0, 0.1) is 0 Å². The molecule has 0 aliphatic carbocycles. The zero-order chi connectivity index (χ0) is 23.2. The van der Waals surface area contributed by atoms with Crippen molar-refractivity contribution < 1.29 is 14.3 Å². The molecule has 0 atom stereocenters. The van der Waals surface area contributed by atoms with E-state index in [1.165, 1.54) is 0 Å². The number of carbonyl (C=O) groups excluding carboxylic acids is 1. The van der Waals surface area contributed by atoms with E-state index >= 15 is 0 Å². The number of pyridine rings is 1. The maximum atomic E-state index is 12.3.